The van der Waals surface area contributed by atoms with Gasteiger partial charge >= 0.3 is 0 Å². The van der Waals surface area contributed by atoms with Crippen molar-refractivity contribution in [1.82, 2.24) is 4.90 Å². The van der Waals surface area contributed by atoms with Crippen LogP contribution in [0.2, 0.25) is 0 Å². The summed E-state index contributed by atoms with van der Waals surface area (Å²) in [5.74, 6) is 0.151. The first-order valence-electron chi connectivity index (χ1n) is 7.60. The predicted octanol–water partition coefficient (Wildman–Crippen LogP) is 1.38. The maximum atomic E-state index is 12.6. The molecule has 0 unspecified atom stereocenters. The number of carbonyl (C=O) groups excluding carboxylic acids is 2. The van der Waals surface area contributed by atoms with Crippen LogP contribution in [-0.2, 0) is 4.79 Å². The Morgan fingerprint density at radius 2 is 2.10 bits per heavy atom. The minimum atomic E-state index is 0.0126. The van der Waals surface area contributed by atoms with Crippen molar-refractivity contribution in [1.29, 1.82) is 0 Å². The van der Waals surface area contributed by atoms with E-state index >= 15 is 0 Å². The highest BCUT2D eigenvalue weighted by molar-refractivity contribution is 5.99. The van der Waals surface area contributed by atoms with Crippen LogP contribution in [0.25, 0.3) is 0 Å². The Hall–Kier alpha value is -1.88. The van der Waals surface area contributed by atoms with E-state index in [4.69, 9.17) is 5.73 Å². The molecule has 0 spiro atoms. The van der Waals surface area contributed by atoms with Gasteiger partial charge in [-0.3, -0.25) is 9.59 Å². The molecule has 112 valence electrons. The SMILES string of the molecule is N[C@H]1CCCN(C(=O)c2cccc(N3CCCC3=O)c2)C1. The molecule has 0 radical (unpaired) electrons. The van der Waals surface area contributed by atoms with E-state index in [9.17, 15) is 9.59 Å². The number of amides is 2. The van der Waals surface area contributed by atoms with Crippen LogP contribution in [0.5, 0.6) is 0 Å². The topological polar surface area (TPSA) is 66.6 Å². The second-order valence-corrected chi connectivity index (χ2v) is 5.85. The van der Waals surface area contributed by atoms with Crippen molar-refractivity contribution in [2.24, 2.45) is 5.73 Å². The van der Waals surface area contributed by atoms with E-state index < -0.39 is 0 Å². The number of benzene rings is 1. The number of piperidine rings is 1. The van der Waals surface area contributed by atoms with Crippen molar-refractivity contribution in [2.45, 2.75) is 31.7 Å². The summed E-state index contributed by atoms with van der Waals surface area (Å²) in [7, 11) is 0. The number of nitrogens with two attached hydrogens (primary N) is 1. The van der Waals surface area contributed by atoms with E-state index in [1.807, 2.05) is 29.2 Å². The Balaban J connectivity index is 1.79. The number of hydrogen-bond acceptors (Lipinski definition) is 3. The number of carbonyl (C=O) groups is 2. The zero-order valence-corrected chi connectivity index (χ0v) is 12.1. The van der Waals surface area contributed by atoms with Crippen molar-refractivity contribution in [3.05, 3.63) is 29.8 Å². The van der Waals surface area contributed by atoms with Crippen LogP contribution >= 0.6 is 0 Å². The summed E-state index contributed by atoms with van der Waals surface area (Å²) in [6.45, 7) is 2.12. The van der Waals surface area contributed by atoms with Crippen LogP contribution in [0.15, 0.2) is 24.3 Å². The van der Waals surface area contributed by atoms with Gasteiger partial charge < -0.3 is 15.5 Å². The van der Waals surface area contributed by atoms with Gasteiger partial charge in [0.25, 0.3) is 5.91 Å². The summed E-state index contributed by atoms with van der Waals surface area (Å²) in [6, 6.07) is 7.45. The minimum Gasteiger partial charge on any atom is -0.337 e. The lowest BCUT2D eigenvalue weighted by atomic mass is 10.0. The average molecular weight is 287 g/mol. The van der Waals surface area contributed by atoms with Crippen molar-refractivity contribution in [2.75, 3.05) is 24.5 Å². The van der Waals surface area contributed by atoms with Crippen LogP contribution in [0, 0.1) is 0 Å². The molecule has 1 atom stereocenters. The monoisotopic (exact) mass is 287 g/mol. The molecule has 0 aromatic heterocycles. The van der Waals surface area contributed by atoms with Gasteiger partial charge in [0.2, 0.25) is 5.91 Å². The molecule has 0 aliphatic carbocycles. The molecule has 0 saturated carbocycles. The molecule has 0 bridgehead atoms. The fourth-order valence-corrected chi connectivity index (χ4v) is 3.10. The molecule has 5 nitrogen and oxygen atoms in total. The summed E-state index contributed by atoms with van der Waals surface area (Å²) in [5.41, 5.74) is 7.41. The minimum absolute atomic E-state index is 0.0126. The first-order chi connectivity index (χ1) is 10.1. The second-order valence-electron chi connectivity index (χ2n) is 5.85. The van der Waals surface area contributed by atoms with Crippen LogP contribution in [0.4, 0.5) is 5.69 Å². The quantitative estimate of drug-likeness (QED) is 0.893. The molecule has 5 heteroatoms. The van der Waals surface area contributed by atoms with Gasteiger partial charge in [-0.1, -0.05) is 6.07 Å². The van der Waals surface area contributed by atoms with Gasteiger partial charge in [-0.25, -0.2) is 0 Å². The molecular weight excluding hydrogens is 266 g/mol. The van der Waals surface area contributed by atoms with Crippen molar-refractivity contribution >= 4 is 17.5 Å². The maximum Gasteiger partial charge on any atom is 0.253 e. The van der Waals surface area contributed by atoms with E-state index in [0.717, 1.165) is 38.0 Å². The Labute approximate surface area is 124 Å². The first-order valence-corrected chi connectivity index (χ1v) is 7.60. The maximum absolute atomic E-state index is 12.6. The largest absolute Gasteiger partial charge is 0.337 e. The Bertz CT molecular complexity index is 558. The van der Waals surface area contributed by atoms with Gasteiger partial charge in [-0.05, 0) is 37.5 Å². The summed E-state index contributed by atoms with van der Waals surface area (Å²) in [5, 5.41) is 0. The third-order valence-electron chi connectivity index (χ3n) is 4.22. The van der Waals surface area contributed by atoms with E-state index in [2.05, 4.69) is 0 Å². The molecule has 2 heterocycles. The molecule has 2 saturated heterocycles. The van der Waals surface area contributed by atoms with E-state index in [1.165, 1.54) is 0 Å². The molecule has 2 aliphatic heterocycles. The van der Waals surface area contributed by atoms with E-state index in [-0.39, 0.29) is 17.9 Å². The summed E-state index contributed by atoms with van der Waals surface area (Å²) in [6.07, 6.45) is 3.42. The van der Waals surface area contributed by atoms with Crippen molar-refractivity contribution < 1.29 is 9.59 Å². The van der Waals surface area contributed by atoms with Gasteiger partial charge in [0.05, 0.1) is 0 Å². The van der Waals surface area contributed by atoms with Gasteiger partial charge in [-0.2, -0.15) is 0 Å². The highest BCUT2D eigenvalue weighted by atomic mass is 16.2. The van der Waals surface area contributed by atoms with Crippen molar-refractivity contribution in [3.8, 4) is 0 Å². The number of rotatable bonds is 2. The Kier molecular flexibility index (Phi) is 3.92. The average Bonchev–Trinajstić information content (AvgIpc) is 2.93. The standard InChI is InChI=1S/C16H21N3O2/c17-13-5-2-8-18(11-13)16(21)12-4-1-6-14(10-12)19-9-3-7-15(19)20/h1,4,6,10,13H,2-3,5,7-9,11,17H2/t13-/m0/s1. The lowest BCUT2D eigenvalue weighted by Crippen LogP contribution is -2.45. The molecule has 3 rings (SSSR count). The van der Waals surface area contributed by atoms with Crippen LogP contribution in [0.1, 0.15) is 36.0 Å². The predicted molar refractivity (Wildman–Crippen MR) is 81.1 cm³/mol. The molecule has 2 amide bonds. The number of nitrogens with zero attached hydrogens (tertiary/aromatic N) is 2. The van der Waals surface area contributed by atoms with E-state index in [0.29, 0.717) is 18.5 Å². The zero-order chi connectivity index (χ0) is 14.8. The highest BCUT2D eigenvalue weighted by Gasteiger charge is 2.25. The van der Waals surface area contributed by atoms with E-state index in [1.54, 1.807) is 4.90 Å². The smallest absolute Gasteiger partial charge is 0.253 e. The van der Waals surface area contributed by atoms with Gasteiger partial charge in [0, 0.05) is 43.3 Å². The Morgan fingerprint density at radius 1 is 1.24 bits per heavy atom. The summed E-state index contributed by atoms with van der Waals surface area (Å²) < 4.78 is 0. The van der Waals surface area contributed by atoms with Gasteiger partial charge in [-0.15, -0.1) is 0 Å². The first kappa shape index (κ1) is 14.1. The Morgan fingerprint density at radius 3 is 2.81 bits per heavy atom. The van der Waals surface area contributed by atoms with Crippen LogP contribution in [-0.4, -0.2) is 42.4 Å². The summed E-state index contributed by atoms with van der Waals surface area (Å²) in [4.78, 5) is 28.0. The molecule has 1 aromatic carbocycles. The lowest BCUT2D eigenvalue weighted by molar-refractivity contribution is -0.117. The van der Waals surface area contributed by atoms with Crippen LogP contribution < -0.4 is 10.6 Å². The fraction of sp³-hybridized carbons (Fsp3) is 0.500. The molecule has 2 N–H and O–H groups in total. The number of likely N-dealkylation sites (tertiary alicyclic amines) is 1. The van der Waals surface area contributed by atoms with Gasteiger partial charge in [0.15, 0.2) is 0 Å². The highest BCUT2D eigenvalue weighted by Crippen LogP contribution is 2.23. The van der Waals surface area contributed by atoms with Gasteiger partial charge in [0.1, 0.15) is 0 Å². The molecule has 21 heavy (non-hydrogen) atoms. The lowest BCUT2D eigenvalue weighted by Gasteiger charge is -2.31. The molecular formula is C16H21N3O2. The normalized spacial score (nSPS) is 22.7. The zero-order valence-electron chi connectivity index (χ0n) is 12.1. The van der Waals surface area contributed by atoms with Crippen LogP contribution in [0.3, 0.4) is 0 Å². The molecule has 2 aliphatic rings. The third kappa shape index (κ3) is 2.93. The van der Waals surface area contributed by atoms with Crippen molar-refractivity contribution in [3.63, 3.8) is 0 Å². The molecule has 2 fully saturated rings. The third-order valence-corrected chi connectivity index (χ3v) is 4.22. The number of anilines is 1. The molecule has 1 aromatic rings. The fourth-order valence-electron chi connectivity index (χ4n) is 3.10. The summed E-state index contributed by atoms with van der Waals surface area (Å²) >= 11 is 0. The second kappa shape index (κ2) is 5.85. The number of hydrogen-bond donors (Lipinski definition) is 1.